The quantitative estimate of drug-likeness (QED) is 0.538. The molecule has 3 rings (SSSR count). The molecule has 1 aliphatic heterocycles. The fourth-order valence-corrected chi connectivity index (χ4v) is 3.85. The molecule has 0 saturated carbocycles. The number of hydrogen-bond donors (Lipinski definition) is 1. The summed E-state index contributed by atoms with van der Waals surface area (Å²) in [5.41, 5.74) is -0.213. The second-order valence-electron chi connectivity index (χ2n) is 5.73. The van der Waals surface area contributed by atoms with Gasteiger partial charge in [-0.25, -0.2) is 0 Å². The lowest BCUT2D eigenvalue weighted by atomic mass is 10.1. The smallest absolute Gasteiger partial charge is 0.416 e. The van der Waals surface area contributed by atoms with Crippen molar-refractivity contribution in [2.24, 2.45) is 0 Å². The largest absolute Gasteiger partial charge is 0.504 e. The molecular formula is C19H14F3NO3S2. The Morgan fingerprint density at radius 2 is 2.00 bits per heavy atom. The summed E-state index contributed by atoms with van der Waals surface area (Å²) >= 11 is 6.19. The summed E-state index contributed by atoms with van der Waals surface area (Å²) in [6, 6.07) is 9.05. The van der Waals surface area contributed by atoms with Crippen LogP contribution in [0.15, 0.2) is 47.4 Å². The summed E-state index contributed by atoms with van der Waals surface area (Å²) in [6.45, 7) is 2.13. The molecule has 0 aliphatic carbocycles. The van der Waals surface area contributed by atoms with Gasteiger partial charge in [-0.2, -0.15) is 13.2 Å². The molecule has 28 heavy (non-hydrogen) atoms. The number of alkyl halides is 3. The van der Waals surface area contributed by atoms with E-state index in [4.69, 9.17) is 17.0 Å². The van der Waals surface area contributed by atoms with Gasteiger partial charge in [-0.1, -0.05) is 36.1 Å². The molecule has 4 nitrogen and oxygen atoms in total. The Hall–Kier alpha value is -2.52. The molecule has 0 unspecified atom stereocenters. The maximum absolute atomic E-state index is 13.0. The number of benzene rings is 2. The number of rotatable bonds is 4. The molecule has 2 aromatic carbocycles. The number of thioether (sulfide) groups is 1. The van der Waals surface area contributed by atoms with Crippen LogP contribution in [0.3, 0.4) is 0 Å². The van der Waals surface area contributed by atoms with E-state index < -0.39 is 17.6 Å². The number of amides is 1. The normalized spacial score (nSPS) is 16.1. The first kappa shape index (κ1) is 20.2. The molecule has 1 saturated heterocycles. The predicted octanol–water partition coefficient (Wildman–Crippen LogP) is 5.22. The number of phenolic OH excluding ortho intramolecular Hbond substituents is 1. The molecule has 1 N–H and O–H groups in total. The number of carbonyl (C=O) groups excluding carboxylic acids is 1. The van der Waals surface area contributed by atoms with Crippen LogP contribution in [0.4, 0.5) is 18.9 Å². The molecule has 1 fully saturated rings. The number of thiocarbonyl (C=S) groups is 1. The average molecular weight is 425 g/mol. The molecule has 1 heterocycles. The van der Waals surface area contributed by atoms with E-state index in [1.165, 1.54) is 18.2 Å². The highest BCUT2D eigenvalue weighted by atomic mass is 32.2. The summed E-state index contributed by atoms with van der Waals surface area (Å²) in [6.07, 6.45) is -2.97. The van der Waals surface area contributed by atoms with E-state index in [2.05, 4.69) is 0 Å². The van der Waals surface area contributed by atoms with Gasteiger partial charge in [0.25, 0.3) is 5.91 Å². The number of halogens is 3. The third-order valence-corrected chi connectivity index (χ3v) is 5.11. The Kier molecular flexibility index (Phi) is 5.66. The van der Waals surface area contributed by atoms with Gasteiger partial charge >= 0.3 is 6.18 Å². The molecule has 0 atom stereocenters. The molecule has 1 amide bonds. The van der Waals surface area contributed by atoms with E-state index in [9.17, 15) is 23.1 Å². The van der Waals surface area contributed by atoms with Crippen LogP contribution in [0.1, 0.15) is 18.1 Å². The van der Waals surface area contributed by atoms with E-state index >= 15 is 0 Å². The molecule has 0 spiro atoms. The summed E-state index contributed by atoms with van der Waals surface area (Å²) < 4.78 is 44.3. The average Bonchev–Trinajstić information content (AvgIpc) is 2.91. The van der Waals surface area contributed by atoms with Crippen molar-refractivity contribution in [1.29, 1.82) is 0 Å². The maximum atomic E-state index is 13.0. The summed E-state index contributed by atoms with van der Waals surface area (Å²) in [4.78, 5) is 14.1. The van der Waals surface area contributed by atoms with E-state index in [-0.39, 0.29) is 26.4 Å². The first-order valence-electron chi connectivity index (χ1n) is 8.11. The van der Waals surface area contributed by atoms with Crippen molar-refractivity contribution in [2.45, 2.75) is 13.1 Å². The van der Waals surface area contributed by atoms with Crippen LogP contribution in [0, 0.1) is 0 Å². The van der Waals surface area contributed by atoms with Crippen molar-refractivity contribution < 1.29 is 27.8 Å². The minimum atomic E-state index is -4.52. The minimum absolute atomic E-state index is 0.0319. The predicted molar refractivity (Wildman–Crippen MR) is 106 cm³/mol. The summed E-state index contributed by atoms with van der Waals surface area (Å²) in [7, 11) is 0. The highest BCUT2D eigenvalue weighted by Crippen LogP contribution is 2.39. The third kappa shape index (κ3) is 4.15. The first-order valence-corrected chi connectivity index (χ1v) is 9.34. The van der Waals surface area contributed by atoms with Gasteiger partial charge < -0.3 is 9.84 Å². The van der Waals surface area contributed by atoms with E-state index in [0.29, 0.717) is 12.2 Å². The second kappa shape index (κ2) is 7.84. The highest BCUT2D eigenvalue weighted by molar-refractivity contribution is 8.27. The molecule has 0 radical (unpaired) electrons. The lowest BCUT2D eigenvalue weighted by molar-refractivity contribution is -0.137. The molecule has 9 heteroatoms. The third-order valence-electron chi connectivity index (χ3n) is 3.81. The van der Waals surface area contributed by atoms with Crippen LogP contribution in [-0.4, -0.2) is 21.9 Å². The molecular weight excluding hydrogens is 411 g/mol. The Balaban J connectivity index is 1.92. The molecule has 146 valence electrons. The van der Waals surface area contributed by atoms with Crippen molar-refractivity contribution in [3.63, 3.8) is 0 Å². The molecule has 1 aliphatic rings. The standard InChI is InChI=1S/C19H14F3NO3S2/c1-2-26-15-8-11(6-7-14(15)24)9-16-17(25)23(18(27)28-16)13-5-3-4-12(10-13)19(20,21)22/h3-10,24H,2H2,1H3/b16-9+. The zero-order valence-electron chi connectivity index (χ0n) is 14.5. The van der Waals surface area contributed by atoms with Crippen molar-refractivity contribution in [1.82, 2.24) is 0 Å². The molecule has 0 bridgehead atoms. The van der Waals surface area contributed by atoms with E-state index in [1.807, 2.05) is 0 Å². The van der Waals surface area contributed by atoms with Crippen LogP contribution in [-0.2, 0) is 11.0 Å². The number of phenols is 1. The Labute approximate surface area is 168 Å². The zero-order chi connectivity index (χ0) is 20.5. The van der Waals surface area contributed by atoms with Gasteiger partial charge in [-0.15, -0.1) is 0 Å². The number of hydrogen-bond acceptors (Lipinski definition) is 5. The fraction of sp³-hybridized carbons (Fsp3) is 0.158. The van der Waals surface area contributed by atoms with Crippen molar-refractivity contribution in [2.75, 3.05) is 11.5 Å². The van der Waals surface area contributed by atoms with Crippen molar-refractivity contribution >= 4 is 46.0 Å². The number of anilines is 1. The number of carbonyl (C=O) groups is 1. The molecule has 0 aromatic heterocycles. The maximum Gasteiger partial charge on any atom is 0.416 e. The fourth-order valence-electron chi connectivity index (χ4n) is 2.55. The van der Waals surface area contributed by atoms with Crippen molar-refractivity contribution in [3.05, 3.63) is 58.5 Å². The van der Waals surface area contributed by atoms with Crippen LogP contribution in [0.5, 0.6) is 11.5 Å². The monoisotopic (exact) mass is 425 g/mol. The van der Waals surface area contributed by atoms with Gasteiger partial charge in [0.1, 0.15) is 0 Å². The summed E-state index contributed by atoms with van der Waals surface area (Å²) in [5, 5.41) is 9.76. The number of ether oxygens (including phenoxy) is 1. The Morgan fingerprint density at radius 3 is 2.68 bits per heavy atom. The van der Waals surface area contributed by atoms with Gasteiger partial charge in [0.05, 0.1) is 22.8 Å². The van der Waals surface area contributed by atoms with Crippen LogP contribution in [0.2, 0.25) is 0 Å². The van der Waals surface area contributed by atoms with Crippen LogP contribution in [0.25, 0.3) is 6.08 Å². The highest BCUT2D eigenvalue weighted by Gasteiger charge is 2.36. The Bertz CT molecular complexity index is 973. The lowest BCUT2D eigenvalue weighted by Crippen LogP contribution is -2.27. The van der Waals surface area contributed by atoms with Crippen LogP contribution < -0.4 is 9.64 Å². The van der Waals surface area contributed by atoms with Gasteiger partial charge in [0.2, 0.25) is 0 Å². The Morgan fingerprint density at radius 1 is 1.25 bits per heavy atom. The number of aromatic hydroxyl groups is 1. The van der Waals surface area contributed by atoms with E-state index in [0.717, 1.165) is 28.8 Å². The van der Waals surface area contributed by atoms with Crippen molar-refractivity contribution in [3.8, 4) is 11.5 Å². The lowest BCUT2D eigenvalue weighted by Gasteiger charge is -2.16. The van der Waals surface area contributed by atoms with Gasteiger partial charge in [0, 0.05) is 0 Å². The minimum Gasteiger partial charge on any atom is -0.504 e. The second-order valence-corrected chi connectivity index (χ2v) is 7.40. The zero-order valence-corrected chi connectivity index (χ0v) is 16.1. The van der Waals surface area contributed by atoms with Gasteiger partial charge in [-0.05, 0) is 48.9 Å². The topological polar surface area (TPSA) is 49.8 Å². The van der Waals surface area contributed by atoms with E-state index in [1.54, 1.807) is 25.1 Å². The van der Waals surface area contributed by atoms with Gasteiger partial charge in [-0.3, -0.25) is 9.69 Å². The first-order chi connectivity index (χ1) is 13.2. The molecule has 2 aromatic rings. The van der Waals surface area contributed by atoms with Gasteiger partial charge in [0.15, 0.2) is 15.8 Å². The SMILES string of the molecule is CCOc1cc(/C=C2/SC(=S)N(c3cccc(C(F)(F)F)c3)C2=O)ccc1O. The van der Waals surface area contributed by atoms with Crippen LogP contribution >= 0.6 is 24.0 Å². The number of nitrogens with zero attached hydrogens (tertiary/aromatic N) is 1. The summed E-state index contributed by atoms with van der Waals surface area (Å²) in [5.74, 6) is -0.277.